The van der Waals surface area contributed by atoms with Crippen molar-refractivity contribution in [3.05, 3.63) is 76.5 Å². The summed E-state index contributed by atoms with van der Waals surface area (Å²) in [7, 11) is 0. The molecule has 0 aliphatic heterocycles. The number of fused-ring (bicyclic) bond motifs is 1. The molecular weight excluding hydrogens is 324 g/mol. The standard InChI is InChI=1S/C18H12N2O3S/c21-17-15-9-10-24-16(15)20-18(23-17)19-12-5-4-8-14(11-12)22-13-6-2-1-3-7-13/h1-11H,(H,19,20). The van der Waals surface area contributed by atoms with Crippen molar-refractivity contribution >= 4 is 33.3 Å². The molecule has 24 heavy (non-hydrogen) atoms. The highest BCUT2D eigenvalue weighted by molar-refractivity contribution is 7.16. The number of benzene rings is 2. The summed E-state index contributed by atoms with van der Waals surface area (Å²) in [5.41, 5.74) is 0.315. The maximum atomic E-state index is 11.9. The van der Waals surface area contributed by atoms with Crippen molar-refractivity contribution in [3.8, 4) is 11.5 Å². The number of nitrogens with one attached hydrogen (secondary N) is 1. The van der Waals surface area contributed by atoms with E-state index in [9.17, 15) is 4.79 Å². The Balaban J connectivity index is 1.60. The third-order valence-corrected chi connectivity index (χ3v) is 4.13. The van der Waals surface area contributed by atoms with Gasteiger partial charge in [-0.05, 0) is 35.7 Å². The molecule has 0 bridgehead atoms. The monoisotopic (exact) mass is 336 g/mol. The normalized spacial score (nSPS) is 10.7. The molecule has 0 amide bonds. The zero-order chi connectivity index (χ0) is 16.4. The Hall–Kier alpha value is -3.12. The Morgan fingerprint density at radius 3 is 2.71 bits per heavy atom. The van der Waals surface area contributed by atoms with Gasteiger partial charge in [-0.3, -0.25) is 0 Å². The van der Waals surface area contributed by atoms with Gasteiger partial charge in [-0.15, -0.1) is 11.3 Å². The molecule has 118 valence electrons. The van der Waals surface area contributed by atoms with Crippen LogP contribution in [0.3, 0.4) is 0 Å². The number of aromatic nitrogens is 1. The predicted molar refractivity (Wildman–Crippen MR) is 94.4 cm³/mol. The molecule has 6 heteroatoms. The summed E-state index contributed by atoms with van der Waals surface area (Å²) in [6.07, 6.45) is 0. The third kappa shape index (κ3) is 3.00. The first kappa shape index (κ1) is 14.5. The second kappa shape index (κ2) is 6.17. The van der Waals surface area contributed by atoms with Gasteiger partial charge >= 0.3 is 11.6 Å². The Morgan fingerprint density at radius 1 is 1.00 bits per heavy atom. The molecule has 5 nitrogen and oxygen atoms in total. The summed E-state index contributed by atoms with van der Waals surface area (Å²) in [6.45, 7) is 0. The second-order valence-electron chi connectivity index (χ2n) is 5.01. The average molecular weight is 336 g/mol. The maximum absolute atomic E-state index is 11.9. The zero-order valence-corrected chi connectivity index (χ0v) is 13.2. The van der Waals surface area contributed by atoms with Gasteiger partial charge in [0, 0.05) is 11.8 Å². The summed E-state index contributed by atoms with van der Waals surface area (Å²) in [6, 6.07) is 18.7. The number of hydrogen-bond acceptors (Lipinski definition) is 6. The first-order chi connectivity index (χ1) is 11.8. The fourth-order valence-corrected chi connectivity index (χ4v) is 2.99. The molecule has 0 saturated carbocycles. The van der Waals surface area contributed by atoms with Crippen LogP contribution < -0.4 is 15.7 Å². The lowest BCUT2D eigenvalue weighted by molar-refractivity contribution is 0.483. The van der Waals surface area contributed by atoms with Crippen LogP contribution in [0.4, 0.5) is 11.7 Å². The summed E-state index contributed by atoms with van der Waals surface area (Å²) in [5.74, 6) is 1.42. The Morgan fingerprint density at radius 2 is 1.83 bits per heavy atom. The van der Waals surface area contributed by atoms with Gasteiger partial charge < -0.3 is 14.5 Å². The van der Waals surface area contributed by atoms with Crippen molar-refractivity contribution in [2.45, 2.75) is 0 Å². The Bertz CT molecular complexity index is 1040. The minimum Gasteiger partial charge on any atom is -0.457 e. The molecule has 0 saturated heterocycles. The zero-order valence-electron chi connectivity index (χ0n) is 12.4. The minimum absolute atomic E-state index is 0.159. The molecule has 0 aliphatic carbocycles. The molecule has 0 unspecified atom stereocenters. The van der Waals surface area contributed by atoms with E-state index in [1.807, 2.05) is 60.0 Å². The van der Waals surface area contributed by atoms with Crippen molar-refractivity contribution in [1.82, 2.24) is 4.98 Å². The number of nitrogens with zero attached hydrogens (tertiary/aromatic N) is 1. The summed E-state index contributed by atoms with van der Waals surface area (Å²) >= 11 is 1.40. The van der Waals surface area contributed by atoms with Crippen LogP contribution in [0.5, 0.6) is 11.5 Å². The lowest BCUT2D eigenvalue weighted by Gasteiger charge is -2.08. The summed E-state index contributed by atoms with van der Waals surface area (Å²) < 4.78 is 11.0. The van der Waals surface area contributed by atoms with E-state index in [0.29, 0.717) is 16.0 Å². The first-order valence-electron chi connectivity index (χ1n) is 7.26. The van der Waals surface area contributed by atoms with Crippen LogP contribution in [-0.4, -0.2) is 4.98 Å². The Kier molecular flexibility index (Phi) is 3.72. The highest BCUT2D eigenvalue weighted by Gasteiger charge is 2.08. The summed E-state index contributed by atoms with van der Waals surface area (Å²) in [4.78, 5) is 16.8. The molecule has 2 aromatic carbocycles. The van der Waals surface area contributed by atoms with Gasteiger partial charge in [-0.1, -0.05) is 24.3 Å². The van der Waals surface area contributed by atoms with Crippen molar-refractivity contribution in [2.75, 3.05) is 5.32 Å². The van der Waals surface area contributed by atoms with Crippen LogP contribution in [-0.2, 0) is 0 Å². The molecule has 2 aromatic heterocycles. The van der Waals surface area contributed by atoms with E-state index in [0.717, 1.165) is 11.4 Å². The van der Waals surface area contributed by atoms with Crippen molar-refractivity contribution < 1.29 is 9.15 Å². The van der Waals surface area contributed by atoms with E-state index in [-0.39, 0.29) is 6.01 Å². The van der Waals surface area contributed by atoms with Gasteiger partial charge in [-0.2, -0.15) is 4.98 Å². The molecule has 2 heterocycles. The predicted octanol–water partition coefficient (Wildman–Crippen LogP) is 4.79. The van der Waals surface area contributed by atoms with Gasteiger partial charge in [0.2, 0.25) is 0 Å². The van der Waals surface area contributed by atoms with Crippen LogP contribution in [0.2, 0.25) is 0 Å². The molecule has 0 fully saturated rings. The van der Waals surface area contributed by atoms with Gasteiger partial charge in [0.15, 0.2) is 0 Å². The molecule has 0 radical (unpaired) electrons. The third-order valence-electron chi connectivity index (χ3n) is 3.32. The lowest BCUT2D eigenvalue weighted by atomic mass is 10.3. The van der Waals surface area contributed by atoms with Crippen molar-refractivity contribution in [3.63, 3.8) is 0 Å². The lowest BCUT2D eigenvalue weighted by Crippen LogP contribution is -2.03. The highest BCUT2D eigenvalue weighted by atomic mass is 32.1. The van der Waals surface area contributed by atoms with Crippen LogP contribution >= 0.6 is 11.3 Å². The number of hydrogen-bond donors (Lipinski definition) is 1. The fraction of sp³-hybridized carbons (Fsp3) is 0. The van der Waals surface area contributed by atoms with Gasteiger partial charge in [0.1, 0.15) is 16.3 Å². The van der Waals surface area contributed by atoms with Crippen molar-refractivity contribution in [1.29, 1.82) is 0 Å². The van der Waals surface area contributed by atoms with Crippen LogP contribution in [0, 0.1) is 0 Å². The summed E-state index contributed by atoms with van der Waals surface area (Å²) in [5, 5.41) is 5.31. The van der Waals surface area contributed by atoms with Crippen LogP contribution in [0.15, 0.2) is 75.3 Å². The smallest absolute Gasteiger partial charge is 0.349 e. The number of para-hydroxylation sites is 1. The van der Waals surface area contributed by atoms with E-state index in [2.05, 4.69) is 10.3 Å². The van der Waals surface area contributed by atoms with E-state index < -0.39 is 5.63 Å². The Labute approximate surface area is 141 Å². The average Bonchev–Trinajstić information content (AvgIpc) is 3.05. The largest absolute Gasteiger partial charge is 0.457 e. The van der Waals surface area contributed by atoms with Gasteiger partial charge in [0.05, 0.1) is 5.39 Å². The van der Waals surface area contributed by atoms with Gasteiger partial charge in [0.25, 0.3) is 0 Å². The topological polar surface area (TPSA) is 64.4 Å². The van der Waals surface area contributed by atoms with E-state index >= 15 is 0 Å². The number of ether oxygens (including phenoxy) is 1. The second-order valence-corrected chi connectivity index (χ2v) is 5.91. The first-order valence-corrected chi connectivity index (χ1v) is 8.14. The van der Waals surface area contributed by atoms with E-state index in [1.54, 1.807) is 6.07 Å². The molecule has 1 N–H and O–H groups in total. The molecule has 0 spiro atoms. The van der Waals surface area contributed by atoms with Crippen LogP contribution in [0.1, 0.15) is 0 Å². The molecule has 0 atom stereocenters. The highest BCUT2D eigenvalue weighted by Crippen LogP contribution is 2.26. The van der Waals surface area contributed by atoms with Gasteiger partial charge in [-0.25, -0.2) is 4.79 Å². The number of thiophene rings is 1. The maximum Gasteiger partial charge on any atom is 0.349 e. The molecule has 4 aromatic rings. The van der Waals surface area contributed by atoms with E-state index in [1.165, 1.54) is 11.3 Å². The molecular formula is C18H12N2O3S. The van der Waals surface area contributed by atoms with Crippen molar-refractivity contribution in [2.24, 2.45) is 0 Å². The number of anilines is 2. The quantitative estimate of drug-likeness (QED) is 0.581. The SMILES string of the molecule is O=c1oc(Nc2cccc(Oc3ccccc3)c2)nc2sccc12. The fourth-order valence-electron chi connectivity index (χ4n) is 2.24. The number of rotatable bonds is 4. The van der Waals surface area contributed by atoms with E-state index in [4.69, 9.17) is 9.15 Å². The van der Waals surface area contributed by atoms with Crippen LogP contribution in [0.25, 0.3) is 10.2 Å². The minimum atomic E-state index is -0.402. The molecule has 4 rings (SSSR count). The molecule has 0 aliphatic rings.